The van der Waals surface area contributed by atoms with Crippen molar-refractivity contribution in [1.29, 1.82) is 0 Å². The van der Waals surface area contributed by atoms with Gasteiger partial charge in [0.25, 0.3) is 0 Å². The molecule has 0 amide bonds. The summed E-state index contributed by atoms with van der Waals surface area (Å²) < 4.78 is 0. The molecule has 2 heteroatoms. The highest BCUT2D eigenvalue weighted by Crippen LogP contribution is 2.50. The number of hydrogen-bond acceptors (Lipinski definition) is 2. The van der Waals surface area contributed by atoms with Crippen LogP contribution in [-0.2, 0) is 0 Å². The molecule has 0 N–H and O–H groups in total. The fraction of sp³-hybridized carbons (Fsp3) is 0. The van der Waals surface area contributed by atoms with Crippen LogP contribution in [0.2, 0.25) is 0 Å². The van der Waals surface area contributed by atoms with E-state index in [4.69, 9.17) is 0 Å². The van der Waals surface area contributed by atoms with Crippen molar-refractivity contribution < 1.29 is 0 Å². The van der Waals surface area contributed by atoms with Crippen LogP contribution in [0.4, 0.5) is 11.4 Å². The third-order valence-electron chi connectivity index (χ3n) is 6.05. The molecule has 152 valence electrons. The van der Waals surface area contributed by atoms with Crippen molar-refractivity contribution in [1.82, 2.24) is 0 Å². The third kappa shape index (κ3) is 3.12. The Bertz CT molecular complexity index is 1460. The van der Waals surface area contributed by atoms with E-state index in [1.165, 1.54) is 54.2 Å². The number of anilines is 2. The fourth-order valence-corrected chi connectivity index (χ4v) is 5.52. The molecule has 32 heavy (non-hydrogen) atoms. The summed E-state index contributed by atoms with van der Waals surface area (Å²) in [6.45, 7) is 4.15. The minimum atomic E-state index is 1.17. The fourth-order valence-electron chi connectivity index (χ4n) is 4.48. The maximum Gasteiger partial charge on any atom is 0.0601 e. The zero-order chi connectivity index (χ0) is 21.5. The van der Waals surface area contributed by atoms with E-state index in [1.54, 1.807) is 0 Å². The van der Waals surface area contributed by atoms with Gasteiger partial charge in [0.15, 0.2) is 0 Å². The Hall–Kier alpha value is -3.75. The monoisotopic (exact) mass is 427 g/mol. The average Bonchev–Trinajstić information content (AvgIpc) is 2.87. The van der Waals surface area contributed by atoms with Crippen molar-refractivity contribution in [3.05, 3.63) is 122 Å². The van der Waals surface area contributed by atoms with Crippen molar-refractivity contribution in [2.24, 2.45) is 0 Å². The molecule has 1 aliphatic heterocycles. The van der Waals surface area contributed by atoms with Gasteiger partial charge in [0.1, 0.15) is 0 Å². The van der Waals surface area contributed by atoms with E-state index < -0.39 is 0 Å². The summed E-state index contributed by atoms with van der Waals surface area (Å²) in [5, 5.41) is 2.53. The molecule has 0 bridgehead atoms. The predicted octanol–water partition coefficient (Wildman–Crippen LogP) is 8.92. The van der Waals surface area contributed by atoms with Gasteiger partial charge in [-0.05, 0) is 57.3 Å². The maximum atomic E-state index is 4.15. The first kappa shape index (κ1) is 19.0. The topological polar surface area (TPSA) is 3.24 Å². The first-order valence-corrected chi connectivity index (χ1v) is 11.5. The lowest BCUT2D eigenvalue weighted by molar-refractivity contribution is 1.17. The Labute approximate surface area is 192 Å². The molecule has 0 radical (unpaired) electrons. The largest absolute Gasteiger partial charge is 0.315 e. The summed E-state index contributed by atoms with van der Waals surface area (Å²) in [7, 11) is 0. The average molecular weight is 428 g/mol. The Balaban J connectivity index is 1.48. The van der Waals surface area contributed by atoms with Crippen LogP contribution in [-0.4, -0.2) is 0 Å². The standard InChI is InChI=1S/C30H21NS/c1-2-31-27-19-23(21-9-4-3-5-10-21)15-17-29(27)32-30-18-16-24(20-28(30)31)26-14-8-12-22-11-6-7-13-25(22)26/h2-20H,1H2. The first-order chi connectivity index (χ1) is 15.8. The van der Waals surface area contributed by atoms with E-state index in [0.29, 0.717) is 0 Å². The molecule has 0 saturated carbocycles. The maximum absolute atomic E-state index is 4.15. The molecule has 6 rings (SSSR count). The van der Waals surface area contributed by atoms with Crippen molar-refractivity contribution in [3.63, 3.8) is 0 Å². The molecule has 0 fully saturated rings. The van der Waals surface area contributed by atoms with Gasteiger partial charge in [0, 0.05) is 16.0 Å². The highest BCUT2D eigenvalue weighted by Gasteiger charge is 2.23. The number of rotatable bonds is 3. The SMILES string of the molecule is C=CN1c2cc(-c3ccccc3)ccc2Sc2ccc(-c3cccc4ccccc34)cc21. The van der Waals surface area contributed by atoms with Crippen LogP contribution in [0.3, 0.4) is 0 Å². The normalized spacial score (nSPS) is 12.3. The van der Waals surface area contributed by atoms with Crippen LogP contribution in [0.1, 0.15) is 0 Å². The number of benzene rings is 5. The molecule has 0 atom stereocenters. The van der Waals surface area contributed by atoms with E-state index in [-0.39, 0.29) is 0 Å². The van der Waals surface area contributed by atoms with Gasteiger partial charge < -0.3 is 4.90 Å². The quantitative estimate of drug-likeness (QED) is 0.283. The lowest BCUT2D eigenvalue weighted by atomic mass is 9.97. The Kier molecular flexibility index (Phi) is 4.59. The van der Waals surface area contributed by atoms with Gasteiger partial charge in [-0.15, -0.1) is 0 Å². The minimum absolute atomic E-state index is 1.17. The number of nitrogens with zero attached hydrogens (tertiary/aromatic N) is 1. The van der Waals surface area contributed by atoms with Gasteiger partial charge >= 0.3 is 0 Å². The van der Waals surface area contributed by atoms with E-state index >= 15 is 0 Å². The summed E-state index contributed by atoms with van der Waals surface area (Å²) in [6.07, 6.45) is 1.93. The highest BCUT2D eigenvalue weighted by molar-refractivity contribution is 7.99. The van der Waals surface area contributed by atoms with Crippen LogP contribution in [0, 0.1) is 0 Å². The van der Waals surface area contributed by atoms with E-state index in [2.05, 4.69) is 121 Å². The number of fused-ring (bicyclic) bond motifs is 3. The number of hydrogen-bond donors (Lipinski definition) is 0. The first-order valence-electron chi connectivity index (χ1n) is 10.7. The second-order valence-corrected chi connectivity index (χ2v) is 9.00. The van der Waals surface area contributed by atoms with Crippen LogP contribution in [0.5, 0.6) is 0 Å². The summed E-state index contributed by atoms with van der Waals surface area (Å²) in [4.78, 5) is 4.71. The van der Waals surface area contributed by atoms with Crippen molar-refractivity contribution in [3.8, 4) is 22.3 Å². The molecule has 1 heterocycles. The second-order valence-electron chi connectivity index (χ2n) is 7.91. The highest BCUT2D eigenvalue weighted by atomic mass is 32.2. The van der Waals surface area contributed by atoms with Crippen LogP contribution >= 0.6 is 11.8 Å². The molecule has 0 aromatic heterocycles. The summed E-state index contributed by atoms with van der Waals surface area (Å²) in [5.41, 5.74) is 7.26. The molecule has 0 spiro atoms. The zero-order valence-corrected chi connectivity index (χ0v) is 18.3. The van der Waals surface area contributed by atoms with Gasteiger partial charge in [-0.2, -0.15) is 0 Å². The van der Waals surface area contributed by atoms with Crippen molar-refractivity contribution >= 4 is 33.9 Å². The lowest BCUT2D eigenvalue weighted by Crippen LogP contribution is -2.13. The zero-order valence-electron chi connectivity index (χ0n) is 17.5. The Morgan fingerprint density at radius 3 is 2.03 bits per heavy atom. The molecular formula is C30H21NS. The van der Waals surface area contributed by atoms with E-state index in [9.17, 15) is 0 Å². The van der Waals surface area contributed by atoms with Gasteiger partial charge in [-0.1, -0.05) is 103 Å². The minimum Gasteiger partial charge on any atom is -0.315 e. The predicted molar refractivity (Wildman–Crippen MR) is 138 cm³/mol. The van der Waals surface area contributed by atoms with Gasteiger partial charge in [-0.3, -0.25) is 0 Å². The molecule has 1 aliphatic rings. The summed E-state index contributed by atoms with van der Waals surface area (Å²) >= 11 is 1.82. The molecular weight excluding hydrogens is 406 g/mol. The van der Waals surface area contributed by atoms with E-state index in [1.807, 2.05) is 18.0 Å². The van der Waals surface area contributed by atoms with Gasteiger partial charge in [-0.25, -0.2) is 0 Å². The molecule has 0 unspecified atom stereocenters. The van der Waals surface area contributed by atoms with Crippen LogP contribution in [0.15, 0.2) is 132 Å². The molecule has 0 aliphatic carbocycles. The van der Waals surface area contributed by atoms with Gasteiger partial charge in [0.2, 0.25) is 0 Å². The summed E-state index contributed by atoms with van der Waals surface area (Å²) in [5.74, 6) is 0. The Morgan fingerprint density at radius 1 is 0.594 bits per heavy atom. The van der Waals surface area contributed by atoms with Crippen molar-refractivity contribution in [2.75, 3.05) is 4.90 Å². The molecule has 1 nitrogen and oxygen atoms in total. The van der Waals surface area contributed by atoms with Crippen LogP contribution in [0.25, 0.3) is 33.0 Å². The summed E-state index contributed by atoms with van der Waals surface area (Å²) in [6, 6.07) is 39.1. The van der Waals surface area contributed by atoms with Crippen LogP contribution < -0.4 is 4.90 Å². The second kappa shape index (κ2) is 7.74. The van der Waals surface area contributed by atoms with Gasteiger partial charge in [0.05, 0.1) is 11.4 Å². The molecule has 0 saturated heterocycles. The third-order valence-corrected chi connectivity index (χ3v) is 7.18. The lowest BCUT2D eigenvalue weighted by Gasteiger charge is -2.31. The smallest absolute Gasteiger partial charge is 0.0601 e. The molecule has 5 aromatic carbocycles. The Morgan fingerprint density at radius 2 is 1.25 bits per heavy atom. The van der Waals surface area contributed by atoms with Crippen molar-refractivity contribution in [2.45, 2.75) is 9.79 Å². The van der Waals surface area contributed by atoms with E-state index in [0.717, 1.165) is 0 Å². The molecule has 5 aromatic rings.